The van der Waals surface area contributed by atoms with Crippen LogP contribution in [-0.4, -0.2) is 64.2 Å². The van der Waals surface area contributed by atoms with E-state index in [2.05, 4.69) is 39.4 Å². The Hall–Kier alpha value is -2.46. The number of Topliss-reactive ketones (excluding diaryl/α,β-unsaturated/α-hetero) is 1. The van der Waals surface area contributed by atoms with Crippen molar-refractivity contribution in [2.45, 2.75) is 90.8 Å². The van der Waals surface area contributed by atoms with Gasteiger partial charge in [0.15, 0.2) is 5.78 Å². The minimum Gasteiger partial charge on any atom is -0.493 e. The Labute approximate surface area is 232 Å². The van der Waals surface area contributed by atoms with E-state index in [0.29, 0.717) is 48.9 Å². The lowest BCUT2D eigenvalue weighted by Crippen LogP contribution is -2.49. The molecule has 1 N–H and O–H groups in total. The molecule has 2 aliphatic rings. The minimum absolute atomic E-state index is 0.0677. The van der Waals surface area contributed by atoms with Crippen LogP contribution < -0.4 is 9.08 Å². The molecule has 1 fully saturated rings. The average Bonchev–Trinajstić information content (AvgIpc) is 3.47. The molecule has 0 radical (unpaired) electrons. The van der Waals surface area contributed by atoms with E-state index in [1.54, 1.807) is 9.58 Å². The maximum atomic E-state index is 13.6. The number of benzene rings is 1. The van der Waals surface area contributed by atoms with Crippen molar-refractivity contribution >= 4 is 44.6 Å². The summed E-state index contributed by atoms with van der Waals surface area (Å²) in [4.78, 5) is 40.6. The van der Waals surface area contributed by atoms with Crippen LogP contribution in [0.25, 0.3) is 10.9 Å². The van der Waals surface area contributed by atoms with Crippen molar-refractivity contribution < 1.29 is 23.9 Å². The molecule has 3 heterocycles. The Morgan fingerprint density at radius 2 is 1.92 bits per heavy atom. The van der Waals surface area contributed by atoms with Crippen LogP contribution in [0.15, 0.2) is 12.1 Å². The summed E-state index contributed by atoms with van der Waals surface area (Å²) in [6.07, 6.45) is 7.40. The fourth-order valence-corrected chi connectivity index (χ4v) is 5.68. The number of carbonyl (C=O) groups excluding carboxylic acids is 3. The summed E-state index contributed by atoms with van der Waals surface area (Å²) in [7, 11) is 0. The first-order valence-electron chi connectivity index (χ1n) is 13.8. The molecular formula is C28H39BrN4O5. The number of aromatic nitrogens is 2. The number of fused-ring (bicyclic) bond motifs is 2. The SMILES string of the molecule is CC(=O)c1nn2c3c(cc(OCC(C)C)cc13)CCCCCCCCO[C@@H]1CCN(C(=O)C2)[C@@H]1C(=O)NBr. The van der Waals surface area contributed by atoms with Crippen LogP contribution in [-0.2, 0) is 27.3 Å². The Morgan fingerprint density at radius 1 is 1.18 bits per heavy atom. The predicted octanol–water partition coefficient (Wildman–Crippen LogP) is 4.58. The molecule has 2 aromatic rings. The number of ether oxygens (including phenoxy) is 2. The van der Waals surface area contributed by atoms with Crippen LogP contribution in [0.1, 0.15) is 81.8 Å². The highest BCUT2D eigenvalue weighted by Crippen LogP contribution is 2.31. The zero-order valence-corrected chi connectivity index (χ0v) is 24.2. The van der Waals surface area contributed by atoms with Gasteiger partial charge in [0.1, 0.15) is 24.0 Å². The third-order valence-corrected chi connectivity index (χ3v) is 7.69. The molecule has 2 aliphatic heterocycles. The topological polar surface area (TPSA) is 103 Å². The van der Waals surface area contributed by atoms with Crippen LogP contribution in [0.4, 0.5) is 0 Å². The highest BCUT2D eigenvalue weighted by molar-refractivity contribution is 9.08. The average molecular weight is 592 g/mol. The lowest BCUT2D eigenvalue weighted by atomic mass is 10.0. The Morgan fingerprint density at radius 3 is 2.63 bits per heavy atom. The summed E-state index contributed by atoms with van der Waals surface area (Å²) in [5, 5.41) is 5.33. The van der Waals surface area contributed by atoms with Crippen molar-refractivity contribution in [2.24, 2.45) is 5.92 Å². The van der Waals surface area contributed by atoms with E-state index in [1.807, 2.05) is 12.1 Å². The molecule has 1 aromatic heterocycles. The van der Waals surface area contributed by atoms with E-state index < -0.39 is 6.04 Å². The lowest BCUT2D eigenvalue weighted by molar-refractivity contribution is -0.141. The van der Waals surface area contributed by atoms with Gasteiger partial charge in [-0.25, -0.2) is 0 Å². The van der Waals surface area contributed by atoms with Gasteiger partial charge in [0.2, 0.25) is 5.91 Å². The van der Waals surface area contributed by atoms with Crippen LogP contribution in [0, 0.1) is 5.92 Å². The first-order chi connectivity index (χ1) is 18.3. The lowest BCUT2D eigenvalue weighted by Gasteiger charge is -2.26. The molecule has 208 valence electrons. The van der Waals surface area contributed by atoms with Gasteiger partial charge in [0, 0.05) is 41.6 Å². The van der Waals surface area contributed by atoms with Gasteiger partial charge >= 0.3 is 0 Å². The monoisotopic (exact) mass is 590 g/mol. The van der Waals surface area contributed by atoms with Crippen molar-refractivity contribution in [1.82, 2.24) is 19.0 Å². The molecular weight excluding hydrogens is 552 g/mol. The molecule has 2 amide bonds. The highest BCUT2D eigenvalue weighted by Gasteiger charge is 2.42. The molecule has 2 bridgehead atoms. The molecule has 9 nitrogen and oxygen atoms in total. The van der Waals surface area contributed by atoms with Crippen molar-refractivity contribution in [3.05, 3.63) is 23.4 Å². The summed E-state index contributed by atoms with van der Waals surface area (Å²) in [5.41, 5.74) is 2.14. The minimum atomic E-state index is -0.720. The third-order valence-electron chi connectivity index (χ3n) is 7.30. The molecule has 1 saturated heterocycles. The van der Waals surface area contributed by atoms with E-state index in [1.165, 1.54) is 6.92 Å². The van der Waals surface area contributed by atoms with Gasteiger partial charge in [-0.3, -0.25) is 23.4 Å². The van der Waals surface area contributed by atoms with E-state index in [9.17, 15) is 14.4 Å². The number of hydrogen-bond donors (Lipinski definition) is 1. The maximum Gasteiger partial charge on any atom is 0.255 e. The number of amides is 2. The number of nitrogens with one attached hydrogen (secondary N) is 1. The van der Waals surface area contributed by atoms with Gasteiger partial charge in [-0.05, 0) is 49.3 Å². The van der Waals surface area contributed by atoms with E-state index in [-0.39, 0.29) is 30.2 Å². The normalized spacial score (nSPS) is 21.5. The van der Waals surface area contributed by atoms with Gasteiger partial charge in [-0.1, -0.05) is 39.5 Å². The number of nitrogens with zero attached hydrogens (tertiary/aromatic N) is 3. The van der Waals surface area contributed by atoms with Crippen LogP contribution in [0.5, 0.6) is 5.75 Å². The zero-order valence-electron chi connectivity index (χ0n) is 22.6. The summed E-state index contributed by atoms with van der Waals surface area (Å²) >= 11 is 3.04. The fraction of sp³-hybridized carbons (Fsp3) is 0.643. The summed E-state index contributed by atoms with van der Waals surface area (Å²) < 4.78 is 16.3. The molecule has 10 heteroatoms. The molecule has 2 atom stereocenters. The Kier molecular flexibility index (Phi) is 9.81. The number of carbonyl (C=O) groups is 3. The van der Waals surface area contributed by atoms with Crippen LogP contribution >= 0.6 is 16.1 Å². The molecule has 0 saturated carbocycles. The Bertz CT molecular complexity index is 1160. The molecule has 38 heavy (non-hydrogen) atoms. The highest BCUT2D eigenvalue weighted by atomic mass is 79.9. The largest absolute Gasteiger partial charge is 0.493 e. The number of hydrogen-bond acceptors (Lipinski definition) is 6. The Balaban J connectivity index is 1.75. The maximum absolute atomic E-state index is 13.6. The molecule has 4 rings (SSSR count). The molecule has 0 aliphatic carbocycles. The van der Waals surface area contributed by atoms with E-state index >= 15 is 0 Å². The molecule has 0 spiro atoms. The molecule has 1 aromatic carbocycles. The number of rotatable bonds is 5. The summed E-state index contributed by atoms with van der Waals surface area (Å²) in [6.45, 7) is 7.19. The quantitative estimate of drug-likeness (QED) is 0.404. The van der Waals surface area contributed by atoms with Gasteiger partial charge < -0.3 is 14.4 Å². The smallest absolute Gasteiger partial charge is 0.255 e. The van der Waals surface area contributed by atoms with Crippen molar-refractivity contribution in [1.29, 1.82) is 0 Å². The second kappa shape index (κ2) is 13.1. The van der Waals surface area contributed by atoms with Crippen molar-refractivity contribution in [3.63, 3.8) is 0 Å². The van der Waals surface area contributed by atoms with Crippen LogP contribution in [0.3, 0.4) is 0 Å². The third kappa shape index (κ3) is 6.57. The second-order valence-electron chi connectivity index (χ2n) is 10.8. The van der Waals surface area contributed by atoms with Crippen LogP contribution in [0.2, 0.25) is 0 Å². The van der Waals surface area contributed by atoms with Gasteiger partial charge in [0.05, 0.1) is 18.2 Å². The zero-order chi connectivity index (χ0) is 27.2. The predicted molar refractivity (Wildman–Crippen MR) is 148 cm³/mol. The van der Waals surface area contributed by atoms with E-state index in [4.69, 9.17) is 9.47 Å². The van der Waals surface area contributed by atoms with Crippen molar-refractivity contribution in [3.8, 4) is 5.75 Å². The van der Waals surface area contributed by atoms with Gasteiger partial charge in [-0.2, -0.15) is 5.10 Å². The standard InChI is InChI=1S/C28H39BrN4O5/c1-18(2)17-38-21-14-20-10-8-6-4-5-7-9-13-37-23-11-12-32(27(23)28(36)30-29)24(35)16-33-26(20)22(15-21)25(31-33)19(3)34/h14-15,18,23,27H,4-13,16-17H2,1-3H3,(H,30,36)/t23-,27+/m1/s1. The fourth-order valence-electron chi connectivity index (χ4n) is 5.45. The first-order valence-corrected chi connectivity index (χ1v) is 14.6. The van der Waals surface area contributed by atoms with E-state index in [0.717, 1.165) is 56.0 Å². The second-order valence-corrected chi connectivity index (χ2v) is 11.2. The number of halogens is 1. The van der Waals surface area contributed by atoms with Crippen molar-refractivity contribution in [2.75, 3.05) is 19.8 Å². The summed E-state index contributed by atoms with van der Waals surface area (Å²) in [6, 6.07) is 3.18. The summed E-state index contributed by atoms with van der Waals surface area (Å²) in [5.74, 6) is 0.381. The van der Waals surface area contributed by atoms with Gasteiger partial charge in [-0.15, -0.1) is 0 Å². The first kappa shape index (κ1) is 28.5. The van der Waals surface area contributed by atoms with Gasteiger partial charge in [0.25, 0.3) is 5.91 Å². The number of aryl methyl sites for hydroxylation is 1. The number of ketones is 1. The molecule has 0 unspecified atom stereocenters.